The van der Waals surface area contributed by atoms with Gasteiger partial charge in [-0.05, 0) is 48.2 Å². The van der Waals surface area contributed by atoms with E-state index in [-0.39, 0.29) is 30.8 Å². The van der Waals surface area contributed by atoms with E-state index in [1.165, 1.54) is 0 Å². The van der Waals surface area contributed by atoms with Crippen LogP contribution in [0.3, 0.4) is 0 Å². The molecule has 4 rings (SSSR count). The molecule has 2 saturated heterocycles. The maximum absolute atomic E-state index is 12.4. The second-order valence-electron chi connectivity index (χ2n) is 8.25. The summed E-state index contributed by atoms with van der Waals surface area (Å²) in [7, 11) is 0. The van der Waals surface area contributed by atoms with Gasteiger partial charge in [0.25, 0.3) is 0 Å². The quantitative estimate of drug-likeness (QED) is 0.719. The summed E-state index contributed by atoms with van der Waals surface area (Å²) in [4.78, 5) is 22.8. The molecule has 0 aliphatic carbocycles. The number of aliphatic hydroxyl groups is 1. The van der Waals surface area contributed by atoms with Gasteiger partial charge in [0, 0.05) is 50.5 Å². The lowest BCUT2D eigenvalue weighted by Crippen LogP contribution is -2.55. The molecule has 4 atom stereocenters. The van der Waals surface area contributed by atoms with Crippen LogP contribution in [0.4, 0.5) is 0 Å². The van der Waals surface area contributed by atoms with Crippen LogP contribution in [0.15, 0.2) is 49.1 Å². The van der Waals surface area contributed by atoms with Gasteiger partial charge in [-0.3, -0.25) is 19.7 Å². The fourth-order valence-electron chi connectivity index (χ4n) is 4.33. The van der Waals surface area contributed by atoms with Gasteiger partial charge in [0.15, 0.2) is 0 Å². The van der Waals surface area contributed by atoms with Crippen molar-refractivity contribution in [2.24, 2.45) is 0 Å². The number of carbonyl (C=O) groups excluding carboxylic acids is 1. The highest BCUT2D eigenvalue weighted by atomic mass is 16.5. The lowest BCUT2D eigenvalue weighted by molar-refractivity contribution is -0.158. The standard InChI is InChI=1S/C23H30N4O4/c28-19-14-27(13-18-5-9-25-10-6-18)21-2-1-20(31-22(21)16-30-15-19)11-23(29)26-12-17-3-7-24-8-4-17/h3-10,19-22,28H,1-2,11-16H2,(H,26,29)/t19-,20-,21-,22+/m1/s1. The molecule has 0 radical (unpaired) electrons. The van der Waals surface area contributed by atoms with Crippen molar-refractivity contribution in [3.05, 3.63) is 60.2 Å². The SMILES string of the molecule is O=C(C[C@H]1CC[C@@H]2[C@H](COC[C@H](O)CN2Cc2ccncc2)O1)NCc1ccncc1. The number of fused-ring (bicyclic) bond motifs is 1. The van der Waals surface area contributed by atoms with Gasteiger partial charge < -0.3 is 19.9 Å². The minimum absolute atomic E-state index is 0.0175. The topological polar surface area (TPSA) is 96.8 Å². The van der Waals surface area contributed by atoms with Crippen LogP contribution in [-0.4, -0.2) is 70.0 Å². The maximum Gasteiger partial charge on any atom is 0.222 e. The second-order valence-corrected chi connectivity index (χ2v) is 8.25. The number of aliphatic hydroxyl groups excluding tert-OH is 1. The summed E-state index contributed by atoms with van der Waals surface area (Å²) in [5, 5.41) is 13.3. The van der Waals surface area contributed by atoms with Crippen molar-refractivity contribution < 1.29 is 19.4 Å². The molecule has 2 aliphatic heterocycles. The molecule has 8 nitrogen and oxygen atoms in total. The zero-order valence-electron chi connectivity index (χ0n) is 17.6. The summed E-state index contributed by atoms with van der Waals surface area (Å²) in [6, 6.07) is 7.91. The molecule has 4 heterocycles. The predicted octanol–water partition coefficient (Wildman–Crippen LogP) is 1.29. The van der Waals surface area contributed by atoms with E-state index in [0.29, 0.717) is 26.1 Å². The Morgan fingerprint density at radius 1 is 1.06 bits per heavy atom. The average Bonchev–Trinajstić information content (AvgIpc) is 2.78. The molecule has 0 spiro atoms. The van der Waals surface area contributed by atoms with Crippen LogP contribution < -0.4 is 5.32 Å². The Kier molecular flexibility index (Phi) is 7.58. The zero-order chi connectivity index (χ0) is 21.5. The molecule has 31 heavy (non-hydrogen) atoms. The first kappa shape index (κ1) is 21.8. The average molecular weight is 427 g/mol. The number of nitrogens with one attached hydrogen (secondary N) is 1. The fraction of sp³-hybridized carbons (Fsp3) is 0.522. The monoisotopic (exact) mass is 426 g/mol. The molecular weight excluding hydrogens is 396 g/mol. The number of carbonyl (C=O) groups is 1. The van der Waals surface area contributed by atoms with Gasteiger partial charge in [0.2, 0.25) is 5.91 Å². The Hall–Kier alpha value is -2.39. The minimum Gasteiger partial charge on any atom is -0.389 e. The van der Waals surface area contributed by atoms with E-state index in [4.69, 9.17) is 9.47 Å². The van der Waals surface area contributed by atoms with Crippen LogP contribution in [0.5, 0.6) is 0 Å². The van der Waals surface area contributed by atoms with Crippen molar-refractivity contribution in [3.63, 3.8) is 0 Å². The van der Waals surface area contributed by atoms with E-state index in [1.807, 2.05) is 24.3 Å². The third-order valence-electron chi connectivity index (χ3n) is 5.87. The molecule has 0 unspecified atom stereocenters. The van der Waals surface area contributed by atoms with E-state index >= 15 is 0 Å². The molecule has 1 amide bonds. The van der Waals surface area contributed by atoms with Gasteiger partial charge in [-0.2, -0.15) is 0 Å². The highest BCUT2D eigenvalue weighted by Crippen LogP contribution is 2.28. The normalized spacial score (nSPS) is 27.0. The van der Waals surface area contributed by atoms with Gasteiger partial charge in [-0.25, -0.2) is 0 Å². The third kappa shape index (κ3) is 6.30. The van der Waals surface area contributed by atoms with Crippen molar-refractivity contribution in [1.29, 1.82) is 0 Å². The van der Waals surface area contributed by atoms with E-state index in [0.717, 1.165) is 30.5 Å². The lowest BCUT2D eigenvalue weighted by Gasteiger charge is -2.44. The van der Waals surface area contributed by atoms with Crippen molar-refractivity contribution in [1.82, 2.24) is 20.2 Å². The van der Waals surface area contributed by atoms with Gasteiger partial charge in [-0.1, -0.05) is 0 Å². The minimum atomic E-state index is -0.528. The number of pyridine rings is 2. The molecular formula is C23H30N4O4. The Balaban J connectivity index is 1.34. The van der Waals surface area contributed by atoms with E-state index in [1.54, 1.807) is 24.8 Å². The summed E-state index contributed by atoms with van der Waals surface area (Å²) in [6.07, 6.45) is 8.25. The van der Waals surface area contributed by atoms with Crippen molar-refractivity contribution >= 4 is 5.91 Å². The number of ether oxygens (including phenoxy) is 2. The summed E-state index contributed by atoms with van der Waals surface area (Å²) in [5.41, 5.74) is 2.17. The summed E-state index contributed by atoms with van der Waals surface area (Å²) < 4.78 is 12.0. The molecule has 0 bridgehead atoms. The van der Waals surface area contributed by atoms with Crippen LogP contribution in [0.25, 0.3) is 0 Å². The highest BCUT2D eigenvalue weighted by molar-refractivity contribution is 5.76. The smallest absolute Gasteiger partial charge is 0.222 e. The van der Waals surface area contributed by atoms with Crippen molar-refractivity contribution in [2.45, 2.75) is 56.7 Å². The first-order valence-electron chi connectivity index (χ1n) is 10.9. The van der Waals surface area contributed by atoms with Gasteiger partial charge in [0.05, 0.1) is 37.9 Å². The second kappa shape index (κ2) is 10.8. The highest BCUT2D eigenvalue weighted by Gasteiger charge is 2.38. The van der Waals surface area contributed by atoms with Gasteiger partial charge in [0.1, 0.15) is 0 Å². The van der Waals surface area contributed by atoms with Gasteiger partial charge >= 0.3 is 0 Å². The molecule has 2 fully saturated rings. The van der Waals surface area contributed by atoms with Crippen LogP contribution >= 0.6 is 0 Å². The van der Waals surface area contributed by atoms with Gasteiger partial charge in [-0.15, -0.1) is 0 Å². The number of aromatic nitrogens is 2. The molecule has 2 aliphatic rings. The zero-order valence-corrected chi connectivity index (χ0v) is 17.6. The van der Waals surface area contributed by atoms with Crippen LogP contribution in [-0.2, 0) is 27.4 Å². The van der Waals surface area contributed by atoms with Crippen molar-refractivity contribution in [3.8, 4) is 0 Å². The molecule has 8 heteroatoms. The summed E-state index contributed by atoms with van der Waals surface area (Å²) in [5.74, 6) is -0.0175. The Morgan fingerprint density at radius 2 is 1.77 bits per heavy atom. The van der Waals surface area contributed by atoms with Crippen molar-refractivity contribution in [2.75, 3.05) is 19.8 Å². The fourth-order valence-corrected chi connectivity index (χ4v) is 4.33. The number of rotatable bonds is 6. The summed E-state index contributed by atoms with van der Waals surface area (Å²) >= 11 is 0. The van der Waals surface area contributed by atoms with E-state index < -0.39 is 6.10 Å². The number of amides is 1. The molecule has 2 aromatic heterocycles. The largest absolute Gasteiger partial charge is 0.389 e. The Morgan fingerprint density at radius 3 is 2.52 bits per heavy atom. The predicted molar refractivity (Wildman–Crippen MR) is 114 cm³/mol. The first-order chi connectivity index (χ1) is 15.2. The molecule has 0 saturated carbocycles. The maximum atomic E-state index is 12.4. The third-order valence-corrected chi connectivity index (χ3v) is 5.87. The molecule has 0 aromatic carbocycles. The molecule has 2 aromatic rings. The number of nitrogens with zero attached hydrogens (tertiary/aromatic N) is 3. The Labute approximate surface area is 182 Å². The number of hydrogen-bond donors (Lipinski definition) is 2. The Bertz CT molecular complexity index is 823. The lowest BCUT2D eigenvalue weighted by atomic mass is 9.94. The van der Waals surface area contributed by atoms with Crippen LogP contribution in [0.2, 0.25) is 0 Å². The number of hydrogen-bond acceptors (Lipinski definition) is 7. The van der Waals surface area contributed by atoms with E-state index in [2.05, 4.69) is 20.2 Å². The van der Waals surface area contributed by atoms with Crippen LogP contribution in [0, 0.1) is 0 Å². The molecule has 166 valence electrons. The summed E-state index contributed by atoms with van der Waals surface area (Å²) in [6.45, 7) is 2.45. The molecule has 2 N–H and O–H groups in total. The van der Waals surface area contributed by atoms with E-state index in [9.17, 15) is 9.90 Å². The first-order valence-corrected chi connectivity index (χ1v) is 10.9. The van der Waals surface area contributed by atoms with Crippen LogP contribution in [0.1, 0.15) is 30.4 Å². The number of β-amino-alcohol motifs (C(OH)–C–C–N with tert-alkyl or cyclic N) is 1.